The molecule has 1 aromatic carbocycles. The molecule has 142 valence electrons. The number of carbonyl (C=O) groups is 1. The lowest BCUT2D eigenvalue weighted by Gasteiger charge is -2.53. The van der Waals surface area contributed by atoms with Gasteiger partial charge in [0.2, 0.25) is 5.91 Å². The zero-order valence-corrected chi connectivity index (χ0v) is 16.2. The van der Waals surface area contributed by atoms with Gasteiger partial charge in [-0.15, -0.1) is 0 Å². The summed E-state index contributed by atoms with van der Waals surface area (Å²) in [6, 6.07) is 10.1. The van der Waals surface area contributed by atoms with E-state index in [1.54, 1.807) is 7.11 Å². The fourth-order valence-corrected chi connectivity index (χ4v) is 5.44. The summed E-state index contributed by atoms with van der Waals surface area (Å²) in [6.45, 7) is 7.75. The van der Waals surface area contributed by atoms with Gasteiger partial charge in [-0.3, -0.25) is 10.1 Å². The van der Waals surface area contributed by atoms with E-state index < -0.39 is 5.54 Å². The smallest absolute Gasteiger partial charge is 0.246 e. The van der Waals surface area contributed by atoms with Crippen LogP contribution in [0, 0.1) is 11.3 Å². The molecule has 0 bridgehead atoms. The van der Waals surface area contributed by atoms with Gasteiger partial charge in [0.15, 0.2) is 6.23 Å². The van der Waals surface area contributed by atoms with Gasteiger partial charge in [0.05, 0.1) is 18.9 Å². The molecular weight excluding hydrogens is 328 g/mol. The molecule has 5 nitrogen and oxygen atoms in total. The second-order valence-electron chi connectivity index (χ2n) is 9.07. The van der Waals surface area contributed by atoms with E-state index in [0.29, 0.717) is 13.3 Å². The molecular formula is C21H30N2O3. The third-order valence-corrected chi connectivity index (χ3v) is 6.93. The summed E-state index contributed by atoms with van der Waals surface area (Å²) in [5.74, 6) is 0.447. The Morgan fingerprint density at radius 3 is 2.65 bits per heavy atom. The first-order valence-corrected chi connectivity index (χ1v) is 9.58. The van der Waals surface area contributed by atoms with E-state index in [1.165, 1.54) is 0 Å². The molecule has 0 spiro atoms. The highest BCUT2D eigenvalue weighted by Gasteiger charge is 2.67. The normalized spacial score (nSPS) is 38.3. The number of carbonyl (C=O) groups excluding carboxylic acids is 1. The average molecular weight is 358 g/mol. The lowest BCUT2D eigenvalue weighted by Crippen LogP contribution is -2.70. The maximum absolute atomic E-state index is 13.9. The zero-order valence-electron chi connectivity index (χ0n) is 16.2. The summed E-state index contributed by atoms with van der Waals surface area (Å²) in [4.78, 5) is 15.9. The zero-order chi connectivity index (χ0) is 18.6. The van der Waals surface area contributed by atoms with Crippen LogP contribution in [-0.2, 0) is 14.3 Å². The molecule has 3 aliphatic rings. The fraction of sp³-hybridized carbons (Fsp3) is 0.667. The number of rotatable bonds is 4. The van der Waals surface area contributed by atoms with Crippen LogP contribution in [0.4, 0.5) is 0 Å². The van der Waals surface area contributed by atoms with E-state index in [4.69, 9.17) is 9.47 Å². The molecule has 1 amide bonds. The first kappa shape index (κ1) is 18.0. The molecule has 4 rings (SSSR count). The van der Waals surface area contributed by atoms with Crippen LogP contribution in [0.3, 0.4) is 0 Å². The minimum atomic E-state index is -0.556. The monoisotopic (exact) mass is 358 g/mol. The Labute approximate surface area is 156 Å². The second kappa shape index (κ2) is 6.04. The van der Waals surface area contributed by atoms with Gasteiger partial charge >= 0.3 is 0 Å². The van der Waals surface area contributed by atoms with Crippen molar-refractivity contribution in [3.8, 4) is 0 Å². The first-order chi connectivity index (χ1) is 12.3. The summed E-state index contributed by atoms with van der Waals surface area (Å²) in [7, 11) is 1.67. The molecule has 3 fully saturated rings. The van der Waals surface area contributed by atoms with Gasteiger partial charge in [-0.2, -0.15) is 0 Å². The summed E-state index contributed by atoms with van der Waals surface area (Å²) in [5.41, 5.74) is 0.347. The molecule has 2 aliphatic heterocycles. The minimum absolute atomic E-state index is 0.121. The molecule has 1 aliphatic carbocycles. The fourth-order valence-electron chi connectivity index (χ4n) is 5.44. The molecule has 2 unspecified atom stereocenters. The Balaban J connectivity index is 1.75. The highest BCUT2D eigenvalue weighted by Crippen LogP contribution is 2.59. The van der Waals surface area contributed by atoms with Crippen LogP contribution in [0.1, 0.15) is 51.8 Å². The van der Waals surface area contributed by atoms with Crippen LogP contribution in [0.5, 0.6) is 0 Å². The lowest BCUT2D eigenvalue weighted by atomic mass is 9.65. The Bertz CT molecular complexity index is 692. The molecule has 1 aromatic rings. The van der Waals surface area contributed by atoms with Gasteiger partial charge in [-0.1, -0.05) is 44.2 Å². The summed E-state index contributed by atoms with van der Waals surface area (Å²) < 4.78 is 11.5. The Morgan fingerprint density at radius 1 is 1.23 bits per heavy atom. The average Bonchev–Trinajstić information content (AvgIpc) is 3.10. The molecule has 0 aromatic heterocycles. The molecule has 1 N–H and O–H groups in total. The summed E-state index contributed by atoms with van der Waals surface area (Å²) >= 11 is 0. The number of hydrogen-bond donors (Lipinski definition) is 1. The quantitative estimate of drug-likeness (QED) is 0.841. The van der Waals surface area contributed by atoms with Gasteiger partial charge in [0, 0.05) is 12.7 Å². The number of fused-ring (bicyclic) bond motifs is 2. The van der Waals surface area contributed by atoms with Gasteiger partial charge in [0.25, 0.3) is 0 Å². The molecule has 1 saturated carbocycles. The van der Waals surface area contributed by atoms with Crippen LogP contribution < -0.4 is 5.32 Å². The van der Waals surface area contributed by atoms with E-state index >= 15 is 0 Å². The van der Waals surface area contributed by atoms with Crippen LogP contribution in [0.15, 0.2) is 30.3 Å². The van der Waals surface area contributed by atoms with Crippen LogP contribution in [0.25, 0.3) is 0 Å². The van der Waals surface area contributed by atoms with E-state index in [-0.39, 0.29) is 29.0 Å². The van der Waals surface area contributed by atoms with Crippen molar-refractivity contribution in [2.45, 2.75) is 57.3 Å². The molecule has 2 heterocycles. The SMILES string of the molecule is COCNC12CCC(C)(C)[C@@H]1CC1(C)CO[C@H](c3ccccc3)N1C2=O. The van der Waals surface area contributed by atoms with Crippen LogP contribution in [-0.4, -0.2) is 42.3 Å². The third kappa shape index (κ3) is 2.44. The van der Waals surface area contributed by atoms with Crippen molar-refractivity contribution < 1.29 is 14.3 Å². The first-order valence-electron chi connectivity index (χ1n) is 9.58. The Morgan fingerprint density at radius 2 is 1.96 bits per heavy atom. The number of amides is 1. The minimum Gasteiger partial charge on any atom is -0.370 e. The number of nitrogens with one attached hydrogen (secondary N) is 1. The molecule has 5 heteroatoms. The van der Waals surface area contributed by atoms with Gasteiger partial charge in [-0.05, 0) is 37.5 Å². The lowest BCUT2D eigenvalue weighted by molar-refractivity contribution is -0.161. The van der Waals surface area contributed by atoms with Crippen LogP contribution in [0.2, 0.25) is 0 Å². The molecule has 26 heavy (non-hydrogen) atoms. The predicted octanol–water partition coefficient (Wildman–Crippen LogP) is 3.07. The topological polar surface area (TPSA) is 50.8 Å². The second-order valence-corrected chi connectivity index (χ2v) is 9.07. The number of piperidine rings is 1. The Hall–Kier alpha value is -1.43. The maximum Gasteiger partial charge on any atom is 0.246 e. The van der Waals surface area contributed by atoms with Crippen molar-refractivity contribution in [1.82, 2.24) is 10.2 Å². The molecule has 0 radical (unpaired) electrons. The van der Waals surface area contributed by atoms with E-state index in [2.05, 4.69) is 26.1 Å². The van der Waals surface area contributed by atoms with Gasteiger partial charge in [-0.25, -0.2) is 0 Å². The molecule has 4 atom stereocenters. The van der Waals surface area contributed by atoms with Crippen molar-refractivity contribution in [2.24, 2.45) is 11.3 Å². The summed E-state index contributed by atoms with van der Waals surface area (Å²) in [5, 5.41) is 3.49. The van der Waals surface area contributed by atoms with Crippen molar-refractivity contribution in [1.29, 1.82) is 0 Å². The van der Waals surface area contributed by atoms with E-state index in [1.807, 2.05) is 35.2 Å². The molecule has 2 saturated heterocycles. The van der Waals surface area contributed by atoms with E-state index in [9.17, 15) is 4.79 Å². The maximum atomic E-state index is 13.9. The van der Waals surface area contributed by atoms with Crippen molar-refractivity contribution in [2.75, 3.05) is 20.4 Å². The standard InChI is InChI=1S/C21H30N2O3/c1-19(2)10-11-21(22-14-25-4)16(19)12-20(3)13-26-17(23(20)18(21)24)15-8-6-5-7-9-15/h5-9,16-17,22H,10-14H2,1-4H3/t16-,17+,20?,21?/m0/s1. The van der Waals surface area contributed by atoms with Crippen molar-refractivity contribution in [3.63, 3.8) is 0 Å². The largest absolute Gasteiger partial charge is 0.370 e. The summed E-state index contributed by atoms with van der Waals surface area (Å²) in [6.07, 6.45) is 2.53. The number of nitrogens with zero attached hydrogens (tertiary/aromatic N) is 1. The van der Waals surface area contributed by atoms with E-state index in [0.717, 1.165) is 24.8 Å². The highest BCUT2D eigenvalue weighted by atomic mass is 16.5. The highest BCUT2D eigenvalue weighted by molar-refractivity contribution is 5.89. The number of benzene rings is 1. The number of ether oxygens (including phenoxy) is 2. The predicted molar refractivity (Wildman–Crippen MR) is 99.3 cm³/mol. The van der Waals surface area contributed by atoms with Gasteiger partial charge < -0.3 is 14.4 Å². The van der Waals surface area contributed by atoms with Gasteiger partial charge in [0.1, 0.15) is 5.54 Å². The van der Waals surface area contributed by atoms with Crippen LogP contribution >= 0.6 is 0 Å². The third-order valence-electron chi connectivity index (χ3n) is 6.93. The van der Waals surface area contributed by atoms with Crippen molar-refractivity contribution >= 4 is 5.91 Å². The van der Waals surface area contributed by atoms with Crippen molar-refractivity contribution in [3.05, 3.63) is 35.9 Å². The number of hydrogen-bond acceptors (Lipinski definition) is 4. The Kier molecular flexibility index (Phi) is 4.17. The number of methoxy groups -OCH3 is 1.